The van der Waals surface area contributed by atoms with E-state index in [0.29, 0.717) is 5.65 Å². The van der Waals surface area contributed by atoms with Gasteiger partial charge in [0.15, 0.2) is 9.84 Å². The quantitative estimate of drug-likeness (QED) is 0.738. The lowest BCUT2D eigenvalue weighted by molar-refractivity contribution is 0.102. The van der Waals surface area contributed by atoms with Gasteiger partial charge in [-0.3, -0.25) is 4.79 Å². The molecule has 0 atom stereocenters. The van der Waals surface area contributed by atoms with Gasteiger partial charge in [0.25, 0.3) is 5.91 Å². The standard InChI is InChI=1S/C16H14FN3O3S/c1-10-5-6-20-9-14(18-15(20)7-10)16(21)19-13-8-11(24(2,22)23)3-4-12(13)17/h3-9H,1-2H3,(H,19,21). The van der Waals surface area contributed by atoms with Crippen LogP contribution >= 0.6 is 0 Å². The van der Waals surface area contributed by atoms with Gasteiger partial charge in [0.1, 0.15) is 17.2 Å². The van der Waals surface area contributed by atoms with Crippen molar-refractivity contribution in [2.75, 3.05) is 11.6 Å². The molecular weight excluding hydrogens is 333 g/mol. The van der Waals surface area contributed by atoms with Gasteiger partial charge in [-0.2, -0.15) is 0 Å². The van der Waals surface area contributed by atoms with Gasteiger partial charge >= 0.3 is 0 Å². The first-order valence-electron chi connectivity index (χ1n) is 7.00. The van der Waals surface area contributed by atoms with Crippen molar-refractivity contribution in [3.8, 4) is 0 Å². The first-order chi connectivity index (χ1) is 11.2. The Morgan fingerprint density at radius 3 is 2.71 bits per heavy atom. The molecular formula is C16H14FN3O3S. The number of nitrogens with one attached hydrogen (secondary N) is 1. The third-order valence-corrected chi connectivity index (χ3v) is 4.57. The van der Waals surface area contributed by atoms with E-state index in [1.54, 1.807) is 10.6 Å². The van der Waals surface area contributed by atoms with E-state index in [2.05, 4.69) is 10.3 Å². The van der Waals surface area contributed by atoms with E-state index in [1.165, 1.54) is 6.20 Å². The maximum Gasteiger partial charge on any atom is 0.275 e. The Morgan fingerprint density at radius 2 is 2.00 bits per heavy atom. The van der Waals surface area contributed by atoms with Crippen LogP contribution in [0.15, 0.2) is 47.6 Å². The lowest BCUT2D eigenvalue weighted by atomic mass is 10.3. The fourth-order valence-electron chi connectivity index (χ4n) is 2.21. The Balaban J connectivity index is 1.93. The van der Waals surface area contributed by atoms with Crippen molar-refractivity contribution in [1.29, 1.82) is 0 Å². The minimum atomic E-state index is -3.51. The van der Waals surface area contributed by atoms with Crippen molar-refractivity contribution in [1.82, 2.24) is 9.38 Å². The van der Waals surface area contributed by atoms with Crippen molar-refractivity contribution in [2.24, 2.45) is 0 Å². The van der Waals surface area contributed by atoms with E-state index < -0.39 is 21.6 Å². The van der Waals surface area contributed by atoms with E-state index in [0.717, 1.165) is 30.0 Å². The summed E-state index contributed by atoms with van der Waals surface area (Å²) in [6.45, 7) is 1.90. The van der Waals surface area contributed by atoms with Gasteiger partial charge in [-0.25, -0.2) is 17.8 Å². The fourth-order valence-corrected chi connectivity index (χ4v) is 2.86. The number of hydrogen-bond acceptors (Lipinski definition) is 4. The Bertz CT molecular complexity index is 1060. The Kier molecular flexibility index (Phi) is 3.84. The monoisotopic (exact) mass is 347 g/mol. The van der Waals surface area contributed by atoms with Gasteiger partial charge < -0.3 is 9.72 Å². The molecule has 0 saturated carbocycles. The molecule has 1 aromatic carbocycles. The molecule has 0 radical (unpaired) electrons. The number of aryl methyl sites for hydroxylation is 1. The van der Waals surface area contributed by atoms with Crippen molar-refractivity contribution < 1.29 is 17.6 Å². The molecule has 0 saturated heterocycles. The molecule has 0 spiro atoms. The zero-order chi connectivity index (χ0) is 17.5. The first-order valence-corrected chi connectivity index (χ1v) is 8.89. The molecule has 0 aliphatic heterocycles. The fraction of sp³-hybridized carbons (Fsp3) is 0.125. The Morgan fingerprint density at radius 1 is 1.25 bits per heavy atom. The summed E-state index contributed by atoms with van der Waals surface area (Å²) in [5.41, 5.74) is 1.47. The molecule has 6 nitrogen and oxygen atoms in total. The average molecular weight is 347 g/mol. The van der Waals surface area contributed by atoms with Crippen LogP contribution in [0, 0.1) is 12.7 Å². The number of aromatic nitrogens is 2. The Hall–Kier alpha value is -2.74. The Labute approximate surface area is 137 Å². The van der Waals surface area contributed by atoms with Crippen molar-refractivity contribution in [3.63, 3.8) is 0 Å². The van der Waals surface area contributed by atoms with E-state index >= 15 is 0 Å². The molecule has 0 aliphatic carbocycles. The molecule has 0 unspecified atom stereocenters. The lowest BCUT2D eigenvalue weighted by Gasteiger charge is -2.06. The zero-order valence-electron chi connectivity index (χ0n) is 12.9. The number of nitrogens with zero attached hydrogens (tertiary/aromatic N) is 2. The van der Waals surface area contributed by atoms with E-state index in [-0.39, 0.29) is 16.3 Å². The van der Waals surface area contributed by atoms with Gasteiger partial charge in [-0.05, 0) is 42.8 Å². The molecule has 0 bridgehead atoms. The molecule has 24 heavy (non-hydrogen) atoms. The topological polar surface area (TPSA) is 80.5 Å². The second kappa shape index (κ2) is 5.72. The van der Waals surface area contributed by atoms with E-state index in [4.69, 9.17) is 0 Å². The number of halogens is 1. The van der Waals surface area contributed by atoms with Crippen LogP contribution in [0.5, 0.6) is 0 Å². The molecule has 3 rings (SSSR count). The number of pyridine rings is 1. The van der Waals surface area contributed by atoms with E-state index in [9.17, 15) is 17.6 Å². The number of hydrogen-bond donors (Lipinski definition) is 1. The molecule has 0 aliphatic rings. The smallest absolute Gasteiger partial charge is 0.275 e. The maximum atomic E-state index is 13.9. The van der Waals surface area contributed by atoms with Crippen molar-refractivity contribution in [3.05, 3.63) is 59.8 Å². The summed E-state index contributed by atoms with van der Waals surface area (Å²) in [5, 5.41) is 2.36. The lowest BCUT2D eigenvalue weighted by Crippen LogP contribution is -2.14. The summed E-state index contributed by atoms with van der Waals surface area (Å²) in [6, 6.07) is 6.91. The molecule has 0 fully saturated rings. The summed E-state index contributed by atoms with van der Waals surface area (Å²) in [5.74, 6) is -1.35. The largest absolute Gasteiger partial charge is 0.318 e. The number of rotatable bonds is 3. The number of carbonyl (C=O) groups is 1. The van der Waals surface area contributed by atoms with Crippen molar-refractivity contribution >= 4 is 27.1 Å². The van der Waals surface area contributed by atoms with Crippen LogP contribution in [0.3, 0.4) is 0 Å². The van der Waals surface area contributed by atoms with Crippen LogP contribution in [0.1, 0.15) is 16.1 Å². The normalized spacial score (nSPS) is 11.6. The molecule has 2 aromatic heterocycles. The summed E-state index contributed by atoms with van der Waals surface area (Å²) < 4.78 is 38.6. The van der Waals surface area contributed by atoms with Crippen LogP contribution in [0.2, 0.25) is 0 Å². The van der Waals surface area contributed by atoms with Crippen LogP contribution in [-0.4, -0.2) is 30.0 Å². The van der Waals surface area contributed by atoms with Gasteiger partial charge in [0, 0.05) is 18.6 Å². The van der Waals surface area contributed by atoms with Crippen LogP contribution in [0.25, 0.3) is 5.65 Å². The second-order valence-corrected chi connectivity index (χ2v) is 7.48. The highest BCUT2D eigenvalue weighted by atomic mass is 32.2. The summed E-state index contributed by atoms with van der Waals surface area (Å²) in [7, 11) is -3.51. The highest BCUT2D eigenvalue weighted by molar-refractivity contribution is 7.90. The second-order valence-electron chi connectivity index (χ2n) is 5.46. The minimum absolute atomic E-state index is 0.0789. The number of amides is 1. The van der Waals surface area contributed by atoms with E-state index in [1.807, 2.05) is 19.1 Å². The van der Waals surface area contributed by atoms with Gasteiger partial charge in [0.05, 0.1) is 10.6 Å². The summed E-state index contributed by atoms with van der Waals surface area (Å²) in [4.78, 5) is 16.4. The highest BCUT2D eigenvalue weighted by Crippen LogP contribution is 2.20. The number of carbonyl (C=O) groups excluding carboxylic acids is 1. The molecule has 8 heteroatoms. The predicted molar refractivity (Wildman–Crippen MR) is 87.4 cm³/mol. The molecule has 1 amide bonds. The minimum Gasteiger partial charge on any atom is -0.318 e. The first kappa shape index (κ1) is 16.1. The van der Waals surface area contributed by atoms with Gasteiger partial charge in [0.2, 0.25) is 0 Å². The summed E-state index contributed by atoms with van der Waals surface area (Å²) >= 11 is 0. The number of anilines is 1. The predicted octanol–water partition coefficient (Wildman–Crippen LogP) is 2.44. The zero-order valence-corrected chi connectivity index (χ0v) is 13.8. The van der Waals surface area contributed by atoms with Gasteiger partial charge in [-0.1, -0.05) is 0 Å². The van der Waals surface area contributed by atoms with Crippen LogP contribution < -0.4 is 5.32 Å². The SMILES string of the molecule is Cc1ccn2cc(C(=O)Nc3cc(S(C)(=O)=O)ccc3F)nc2c1. The highest BCUT2D eigenvalue weighted by Gasteiger charge is 2.16. The molecule has 2 heterocycles. The number of benzene rings is 1. The molecule has 124 valence electrons. The maximum absolute atomic E-state index is 13.9. The molecule has 1 N–H and O–H groups in total. The number of fused-ring (bicyclic) bond motifs is 1. The average Bonchev–Trinajstić information content (AvgIpc) is 2.91. The number of sulfone groups is 1. The van der Waals surface area contributed by atoms with Gasteiger partial charge in [-0.15, -0.1) is 0 Å². The van der Waals surface area contributed by atoms with Crippen LogP contribution in [-0.2, 0) is 9.84 Å². The van der Waals surface area contributed by atoms with Crippen LogP contribution in [0.4, 0.5) is 10.1 Å². The third-order valence-electron chi connectivity index (χ3n) is 3.46. The number of imidazole rings is 1. The van der Waals surface area contributed by atoms with Crippen molar-refractivity contribution in [2.45, 2.75) is 11.8 Å². The third kappa shape index (κ3) is 3.13. The summed E-state index contributed by atoms with van der Waals surface area (Å²) in [6.07, 6.45) is 4.29. The molecule has 3 aromatic rings.